The molecule has 8 heteroatoms. The molecule has 0 aliphatic heterocycles. The van der Waals surface area contributed by atoms with Gasteiger partial charge in [0, 0.05) is 23.1 Å². The highest BCUT2D eigenvalue weighted by Crippen LogP contribution is 2.20. The Morgan fingerprint density at radius 1 is 1.08 bits per heavy atom. The maximum atomic E-state index is 12.2. The first-order valence-corrected chi connectivity index (χ1v) is 9.95. The molecule has 0 saturated carbocycles. The molecule has 1 aromatic carbocycles. The smallest absolute Gasteiger partial charge is 0.266 e. The Labute approximate surface area is 149 Å². The second-order valence-electron chi connectivity index (χ2n) is 5.41. The number of aryl methyl sites for hydroxylation is 1. The summed E-state index contributed by atoms with van der Waals surface area (Å²) < 4.78 is 28.4. The van der Waals surface area contributed by atoms with Crippen molar-refractivity contribution in [2.45, 2.75) is 17.7 Å². The van der Waals surface area contributed by atoms with Crippen molar-refractivity contribution in [3.05, 3.63) is 69.8 Å². The second-order valence-corrected chi connectivity index (χ2v) is 8.69. The van der Waals surface area contributed by atoms with Crippen LogP contribution in [0, 0.1) is 6.92 Å². The molecular weight excluding hydrogens is 358 g/mol. The van der Waals surface area contributed by atoms with E-state index in [1.54, 1.807) is 18.2 Å². The summed E-state index contributed by atoms with van der Waals surface area (Å²) in [7, 11) is -3.56. The zero-order valence-electron chi connectivity index (χ0n) is 13.5. The summed E-state index contributed by atoms with van der Waals surface area (Å²) in [5.74, 6) is 0. The molecule has 0 bridgehead atoms. The lowest BCUT2D eigenvalue weighted by Crippen LogP contribution is -2.31. The Morgan fingerprint density at radius 3 is 2.52 bits per heavy atom. The van der Waals surface area contributed by atoms with E-state index in [1.165, 1.54) is 22.1 Å². The lowest BCUT2D eigenvalue weighted by atomic mass is 10.1. The standard InChI is InChI=1S/C17H17N3O3S2/c1-13-7-10-17(24-13)25(22,23)18-11-12-20-16(21)9-8-15(19-20)14-5-3-2-4-6-14/h2-10,18H,11-12H2,1H3. The maximum Gasteiger partial charge on any atom is 0.266 e. The molecule has 0 spiro atoms. The third kappa shape index (κ3) is 4.22. The van der Waals surface area contributed by atoms with E-state index in [1.807, 2.05) is 37.3 Å². The fourth-order valence-electron chi connectivity index (χ4n) is 2.29. The monoisotopic (exact) mass is 375 g/mol. The molecule has 25 heavy (non-hydrogen) atoms. The van der Waals surface area contributed by atoms with Crippen LogP contribution in [0.5, 0.6) is 0 Å². The number of sulfonamides is 1. The Bertz CT molecular complexity index is 1020. The topological polar surface area (TPSA) is 81.1 Å². The zero-order chi connectivity index (χ0) is 17.9. The largest absolute Gasteiger partial charge is 0.268 e. The fraction of sp³-hybridized carbons (Fsp3) is 0.176. The number of hydrogen-bond acceptors (Lipinski definition) is 5. The van der Waals surface area contributed by atoms with Crippen molar-refractivity contribution in [3.63, 3.8) is 0 Å². The molecule has 0 unspecified atom stereocenters. The summed E-state index contributed by atoms with van der Waals surface area (Å²) >= 11 is 1.21. The SMILES string of the molecule is Cc1ccc(S(=O)(=O)NCCn2nc(-c3ccccc3)ccc2=O)s1. The van der Waals surface area contributed by atoms with E-state index >= 15 is 0 Å². The van der Waals surface area contributed by atoms with Crippen molar-refractivity contribution < 1.29 is 8.42 Å². The minimum absolute atomic E-state index is 0.0877. The van der Waals surface area contributed by atoms with Crippen LogP contribution in [-0.4, -0.2) is 24.7 Å². The number of nitrogens with one attached hydrogen (secondary N) is 1. The molecule has 0 aliphatic rings. The van der Waals surface area contributed by atoms with Crippen molar-refractivity contribution in [2.24, 2.45) is 0 Å². The van der Waals surface area contributed by atoms with Gasteiger partial charge in [0.25, 0.3) is 5.56 Å². The van der Waals surface area contributed by atoms with E-state index < -0.39 is 10.0 Å². The summed E-state index contributed by atoms with van der Waals surface area (Å²) in [6.45, 7) is 2.09. The van der Waals surface area contributed by atoms with Gasteiger partial charge in [-0.1, -0.05) is 30.3 Å². The van der Waals surface area contributed by atoms with E-state index in [9.17, 15) is 13.2 Å². The van der Waals surface area contributed by atoms with Crippen molar-refractivity contribution in [1.29, 1.82) is 0 Å². The van der Waals surface area contributed by atoms with Gasteiger partial charge in [0.05, 0.1) is 12.2 Å². The molecule has 1 N–H and O–H groups in total. The van der Waals surface area contributed by atoms with Crippen molar-refractivity contribution in [1.82, 2.24) is 14.5 Å². The third-order valence-electron chi connectivity index (χ3n) is 3.53. The maximum absolute atomic E-state index is 12.2. The van der Waals surface area contributed by atoms with E-state index in [0.29, 0.717) is 5.69 Å². The van der Waals surface area contributed by atoms with Gasteiger partial charge >= 0.3 is 0 Å². The molecule has 2 heterocycles. The van der Waals surface area contributed by atoms with Gasteiger partial charge in [-0.2, -0.15) is 5.10 Å². The van der Waals surface area contributed by atoms with Gasteiger partial charge in [0.2, 0.25) is 10.0 Å². The first-order chi connectivity index (χ1) is 12.0. The molecule has 0 fully saturated rings. The summed E-state index contributed by atoms with van der Waals surface area (Å²) in [5, 5.41) is 4.31. The van der Waals surface area contributed by atoms with Gasteiger partial charge < -0.3 is 0 Å². The molecule has 0 atom stereocenters. The average Bonchev–Trinajstić information content (AvgIpc) is 3.05. The second kappa shape index (κ2) is 7.30. The minimum atomic E-state index is -3.56. The van der Waals surface area contributed by atoms with Crippen LogP contribution in [0.1, 0.15) is 4.88 Å². The molecule has 0 radical (unpaired) electrons. The molecule has 130 valence electrons. The van der Waals surface area contributed by atoms with Crippen molar-refractivity contribution in [2.75, 3.05) is 6.54 Å². The van der Waals surface area contributed by atoms with Crippen LogP contribution in [0.2, 0.25) is 0 Å². The summed E-state index contributed by atoms with van der Waals surface area (Å²) in [6, 6.07) is 15.9. The highest BCUT2D eigenvalue weighted by Gasteiger charge is 2.15. The number of benzene rings is 1. The van der Waals surface area contributed by atoms with Gasteiger partial charge in [-0.3, -0.25) is 4.79 Å². The van der Waals surface area contributed by atoms with Gasteiger partial charge in [-0.15, -0.1) is 11.3 Å². The van der Waals surface area contributed by atoms with Gasteiger partial charge in [-0.05, 0) is 25.1 Å². The number of hydrogen-bond donors (Lipinski definition) is 1. The average molecular weight is 375 g/mol. The minimum Gasteiger partial charge on any atom is -0.268 e. The number of nitrogens with zero attached hydrogens (tertiary/aromatic N) is 2. The fourth-order valence-corrected chi connectivity index (χ4v) is 4.63. The number of rotatable bonds is 6. The van der Waals surface area contributed by atoms with Crippen LogP contribution in [0.25, 0.3) is 11.3 Å². The molecule has 0 aliphatic carbocycles. The zero-order valence-corrected chi connectivity index (χ0v) is 15.2. The van der Waals surface area contributed by atoms with Crippen molar-refractivity contribution in [3.8, 4) is 11.3 Å². The predicted molar refractivity (Wildman–Crippen MR) is 98.2 cm³/mol. The van der Waals surface area contributed by atoms with Crippen molar-refractivity contribution >= 4 is 21.4 Å². The first-order valence-electron chi connectivity index (χ1n) is 7.65. The molecular formula is C17H17N3O3S2. The van der Waals surface area contributed by atoms with Gasteiger partial charge in [0.15, 0.2) is 0 Å². The quantitative estimate of drug-likeness (QED) is 0.717. The van der Waals surface area contributed by atoms with E-state index in [0.717, 1.165) is 10.4 Å². The molecule has 6 nitrogen and oxygen atoms in total. The van der Waals surface area contributed by atoms with Gasteiger partial charge in [-0.25, -0.2) is 17.8 Å². The summed E-state index contributed by atoms with van der Waals surface area (Å²) in [4.78, 5) is 12.9. The Kier molecular flexibility index (Phi) is 5.12. The highest BCUT2D eigenvalue weighted by atomic mass is 32.2. The Balaban J connectivity index is 1.72. The van der Waals surface area contributed by atoms with Crippen LogP contribution in [0.3, 0.4) is 0 Å². The van der Waals surface area contributed by atoms with Crippen LogP contribution < -0.4 is 10.3 Å². The Hall–Kier alpha value is -2.29. The predicted octanol–water partition coefficient (Wildman–Crippen LogP) is 2.26. The lowest BCUT2D eigenvalue weighted by Gasteiger charge is -2.08. The van der Waals surface area contributed by atoms with Crippen LogP contribution in [-0.2, 0) is 16.6 Å². The highest BCUT2D eigenvalue weighted by molar-refractivity contribution is 7.91. The Morgan fingerprint density at radius 2 is 1.84 bits per heavy atom. The van der Waals surface area contributed by atoms with Crippen LogP contribution >= 0.6 is 11.3 Å². The molecule has 2 aromatic heterocycles. The molecule has 3 rings (SSSR count). The van der Waals surface area contributed by atoms with Gasteiger partial charge in [0.1, 0.15) is 4.21 Å². The van der Waals surface area contributed by atoms with Crippen LogP contribution in [0.15, 0.2) is 63.6 Å². The summed E-state index contributed by atoms with van der Waals surface area (Å²) in [6.07, 6.45) is 0. The third-order valence-corrected chi connectivity index (χ3v) is 6.49. The molecule has 0 saturated heterocycles. The lowest BCUT2D eigenvalue weighted by molar-refractivity contribution is 0.550. The van der Waals surface area contributed by atoms with E-state index in [4.69, 9.17) is 0 Å². The number of thiophene rings is 1. The van der Waals surface area contributed by atoms with Crippen LogP contribution in [0.4, 0.5) is 0 Å². The number of aromatic nitrogens is 2. The molecule has 3 aromatic rings. The molecule has 0 amide bonds. The van der Waals surface area contributed by atoms with E-state index in [2.05, 4.69) is 9.82 Å². The van der Waals surface area contributed by atoms with E-state index in [-0.39, 0.29) is 22.9 Å². The normalized spacial score (nSPS) is 11.6. The first kappa shape index (κ1) is 17.5. The summed E-state index contributed by atoms with van der Waals surface area (Å²) in [5.41, 5.74) is 1.29.